The van der Waals surface area contributed by atoms with Crippen LogP contribution in [-0.2, 0) is 14.8 Å². The van der Waals surface area contributed by atoms with Crippen LogP contribution in [0, 0.1) is 31.6 Å². The van der Waals surface area contributed by atoms with E-state index in [0.29, 0.717) is 6.61 Å². The van der Waals surface area contributed by atoms with Crippen LogP contribution in [0.2, 0.25) is 0 Å². The van der Waals surface area contributed by atoms with Gasteiger partial charge in [0.2, 0.25) is 10.0 Å². The Morgan fingerprint density at radius 3 is 2.45 bits per heavy atom. The molecule has 1 rings (SSSR count). The van der Waals surface area contributed by atoms with Crippen molar-refractivity contribution in [1.82, 2.24) is 4.31 Å². The molecule has 0 amide bonds. The highest BCUT2D eigenvalue weighted by Gasteiger charge is 2.22. The second kappa shape index (κ2) is 9.07. The van der Waals surface area contributed by atoms with E-state index < -0.39 is 10.0 Å². The van der Waals surface area contributed by atoms with Crippen LogP contribution in [-0.4, -0.2) is 39.0 Å². The lowest BCUT2D eigenvalue weighted by Gasteiger charge is -2.18. The van der Waals surface area contributed by atoms with Gasteiger partial charge in [-0.2, -0.15) is 4.31 Å². The second-order valence-electron chi connectivity index (χ2n) is 4.51. The van der Waals surface area contributed by atoms with E-state index >= 15 is 0 Å². The second-order valence-corrected chi connectivity index (χ2v) is 6.44. The molecule has 0 bridgehead atoms. The predicted molar refractivity (Wildman–Crippen MR) is 87.6 cm³/mol. The molecule has 0 radical (unpaired) electrons. The molecule has 0 aliphatic rings. The van der Waals surface area contributed by atoms with Crippen molar-refractivity contribution in [3.05, 3.63) is 42.0 Å². The molecule has 22 heavy (non-hydrogen) atoms. The molecule has 0 heterocycles. The van der Waals surface area contributed by atoms with Crippen LogP contribution in [0.3, 0.4) is 0 Å². The smallest absolute Gasteiger partial charge is 0.244 e. The highest BCUT2D eigenvalue weighted by molar-refractivity contribution is 7.89. The summed E-state index contributed by atoms with van der Waals surface area (Å²) in [4.78, 5) is 0.227. The summed E-state index contributed by atoms with van der Waals surface area (Å²) < 4.78 is 31.4. The fraction of sp³-hybridized carbons (Fsp3) is 0.294. The molecule has 1 aromatic rings. The normalized spacial score (nSPS) is 11.5. The summed E-state index contributed by atoms with van der Waals surface area (Å²) in [6, 6.07) is 6.66. The minimum absolute atomic E-state index is 0.00572. The zero-order valence-corrected chi connectivity index (χ0v) is 13.3. The lowest BCUT2D eigenvalue weighted by Crippen LogP contribution is -2.31. The Balaban J connectivity index is 2.79. The van der Waals surface area contributed by atoms with Crippen molar-refractivity contribution >= 4 is 10.0 Å². The highest BCUT2D eigenvalue weighted by atomic mass is 32.2. The van der Waals surface area contributed by atoms with Gasteiger partial charge in [-0.1, -0.05) is 41.7 Å². The molecule has 0 aromatic heterocycles. The monoisotopic (exact) mass is 317 g/mol. The number of aryl methyl sites for hydroxylation is 1. The van der Waals surface area contributed by atoms with Crippen molar-refractivity contribution in [3.8, 4) is 24.7 Å². The van der Waals surface area contributed by atoms with Gasteiger partial charge in [0.15, 0.2) is 0 Å². The zero-order chi connectivity index (χ0) is 16.4. The molecule has 4 nitrogen and oxygen atoms in total. The minimum Gasteiger partial charge on any atom is -0.365 e. The predicted octanol–water partition coefficient (Wildman–Crippen LogP) is 1.82. The van der Waals surface area contributed by atoms with Crippen LogP contribution in [0.4, 0.5) is 0 Å². The molecule has 0 spiro atoms. The third kappa shape index (κ3) is 5.38. The standard InChI is InChI=1S/C17H19NO3S/c1-4-12-18(13-6-7-15-21-14-5-2)22(19,20)17-10-8-16(3)9-11-17/h1-2,6-11H,12-15H2,3H3/b7-6-. The van der Waals surface area contributed by atoms with E-state index in [2.05, 4.69) is 11.8 Å². The summed E-state index contributed by atoms with van der Waals surface area (Å²) in [5, 5.41) is 0. The first-order valence-corrected chi connectivity index (χ1v) is 8.13. The van der Waals surface area contributed by atoms with Crippen LogP contribution >= 0.6 is 0 Å². The maximum Gasteiger partial charge on any atom is 0.244 e. The molecule has 1 aromatic carbocycles. The Morgan fingerprint density at radius 2 is 1.86 bits per heavy atom. The number of nitrogens with zero attached hydrogens (tertiary/aromatic N) is 1. The van der Waals surface area contributed by atoms with Crippen LogP contribution in [0.25, 0.3) is 0 Å². The number of benzene rings is 1. The Kier molecular flexibility index (Phi) is 7.42. The summed E-state index contributed by atoms with van der Waals surface area (Å²) in [7, 11) is -3.61. The molecule has 0 N–H and O–H groups in total. The maximum atomic E-state index is 12.5. The Labute approximate surface area is 132 Å². The topological polar surface area (TPSA) is 46.6 Å². The molecular weight excluding hydrogens is 298 g/mol. The van der Waals surface area contributed by atoms with Crippen molar-refractivity contribution in [1.29, 1.82) is 0 Å². The van der Waals surface area contributed by atoms with E-state index in [4.69, 9.17) is 17.6 Å². The summed E-state index contributed by atoms with van der Waals surface area (Å²) in [6.45, 7) is 2.64. The lowest BCUT2D eigenvalue weighted by molar-refractivity contribution is 0.199. The van der Waals surface area contributed by atoms with Crippen molar-refractivity contribution in [2.75, 3.05) is 26.3 Å². The van der Waals surface area contributed by atoms with Gasteiger partial charge in [0.1, 0.15) is 6.61 Å². The summed E-state index contributed by atoms with van der Waals surface area (Å²) in [6.07, 6.45) is 13.7. The van der Waals surface area contributed by atoms with E-state index in [1.165, 1.54) is 4.31 Å². The van der Waals surface area contributed by atoms with E-state index in [9.17, 15) is 8.42 Å². The Morgan fingerprint density at radius 1 is 1.18 bits per heavy atom. The van der Waals surface area contributed by atoms with Crippen LogP contribution in [0.15, 0.2) is 41.3 Å². The van der Waals surface area contributed by atoms with Gasteiger partial charge in [0.25, 0.3) is 0 Å². The van der Waals surface area contributed by atoms with Gasteiger partial charge in [0.05, 0.1) is 18.0 Å². The molecule has 5 heteroatoms. The SMILES string of the molecule is C#CCOC/C=C\CN(CC#C)S(=O)(=O)c1ccc(C)cc1. The molecule has 116 valence electrons. The number of hydrogen-bond donors (Lipinski definition) is 0. The van der Waals surface area contributed by atoms with E-state index in [1.54, 1.807) is 36.4 Å². The van der Waals surface area contributed by atoms with Gasteiger partial charge < -0.3 is 4.74 Å². The summed E-state index contributed by atoms with van der Waals surface area (Å²) >= 11 is 0. The molecule has 0 aliphatic carbocycles. The molecule has 0 fully saturated rings. The Hall–Kier alpha value is -2.05. The van der Waals surface area contributed by atoms with Crippen LogP contribution < -0.4 is 0 Å². The Bertz CT molecular complexity index is 676. The fourth-order valence-corrected chi connectivity index (χ4v) is 2.96. The van der Waals surface area contributed by atoms with Gasteiger partial charge in [-0.15, -0.1) is 12.8 Å². The zero-order valence-electron chi connectivity index (χ0n) is 12.5. The van der Waals surface area contributed by atoms with Gasteiger partial charge in [-0.25, -0.2) is 8.42 Å². The van der Waals surface area contributed by atoms with Gasteiger partial charge in [-0.05, 0) is 19.1 Å². The first-order chi connectivity index (χ1) is 10.5. The fourth-order valence-electron chi connectivity index (χ4n) is 1.65. The molecule has 0 saturated heterocycles. The van der Waals surface area contributed by atoms with Crippen molar-refractivity contribution in [3.63, 3.8) is 0 Å². The molecule has 0 unspecified atom stereocenters. The first-order valence-electron chi connectivity index (χ1n) is 6.69. The lowest BCUT2D eigenvalue weighted by atomic mass is 10.2. The number of rotatable bonds is 8. The third-order valence-corrected chi connectivity index (χ3v) is 4.63. The summed E-state index contributed by atoms with van der Waals surface area (Å²) in [5.74, 6) is 4.72. The van der Waals surface area contributed by atoms with E-state index in [1.807, 2.05) is 6.92 Å². The minimum atomic E-state index is -3.61. The first kappa shape index (κ1) is 18.0. The highest BCUT2D eigenvalue weighted by Crippen LogP contribution is 2.16. The molecule has 0 saturated carbocycles. The van der Waals surface area contributed by atoms with Gasteiger partial charge in [0, 0.05) is 6.54 Å². The molecular formula is C17H19NO3S. The number of sulfonamides is 1. The third-order valence-electron chi connectivity index (χ3n) is 2.80. The molecule has 0 aliphatic heterocycles. The van der Waals surface area contributed by atoms with Gasteiger partial charge >= 0.3 is 0 Å². The molecule has 0 atom stereocenters. The van der Waals surface area contributed by atoms with E-state index in [0.717, 1.165) is 5.56 Å². The van der Waals surface area contributed by atoms with Gasteiger partial charge in [-0.3, -0.25) is 0 Å². The van der Waals surface area contributed by atoms with Crippen LogP contribution in [0.5, 0.6) is 0 Å². The summed E-state index contributed by atoms with van der Waals surface area (Å²) in [5.41, 5.74) is 0.994. The van der Waals surface area contributed by atoms with Crippen molar-refractivity contribution < 1.29 is 13.2 Å². The number of terminal acetylenes is 2. The number of ether oxygens (including phenoxy) is 1. The largest absolute Gasteiger partial charge is 0.365 e. The van der Waals surface area contributed by atoms with Crippen LogP contribution in [0.1, 0.15) is 5.56 Å². The van der Waals surface area contributed by atoms with Crippen molar-refractivity contribution in [2.24, 2.45) is 0 Å². The average molecular weight is 317 g/mol. The van der Waals surface area contributed by atoms with Crippen molar-refractivity contribution in [2.45, 2.75) is 11.8 Å². The quantitative estimate of drug-likeness (QED) is 0.417. The van der Waals surface area contributed by atoms with E-state index in [-0.39, 0.29) is 24.6 Å². The average Bonchev–Trinajstić information content (AvgIpc) is 2.50. The number of hydrogen-bond acceptors (Lipinski definition) is 3. The maximum absolute atomic E-state index is 12.5.